The predicted octanol–water partition coefficient (Wildman–Crippen LogP) is 3.61. The van der Waals surface area contributed by atoms with Gasteiger partial charge in [-0.1, -0.05) is 24.3 Å². The van der Waals surface area contributed by atoms with Gasteiger partial charge in [0.25, 0.3) is 11.8 Å². The molecule has 0 spiro atoms. The fourth-order valence-electron chi connectivity index (χ4n) is 5.74. The molecule has 4 rings (SSSR count). The van der Waals surface area contributed by atoms with E-state index >= 15 is 0 Å². The Morgan fingerprint density at radius 1 is 1.31 bits per heavy atom. The van der Waals surface area contributed by atoms with Gasteiger partial charge < -0.3 is 16.2 Å². The molecule has 4 N–H and O–H groups in total. The molecule has 3 fully saturated rings. The van der Waals surface area contributed by atoms with Crippen molar-refractivity contribution in [3.05, 3.63) is 52.9 Å². The number of nitrogens with zero attached hydrogens (tertiary/aromatic N) is 2. The number of amides is 1. The number of halogens is 2. The molecule has 0 unspecified atom stereocenters. The van der Waals surface area contributed by atoms with Crippen molar-refractivity contribution in [3.63, 3.8) is 0 Å². The first-order valence-corrected chi connectivity index (χ1v) is 12.4. The summed E-state index contributed by atoms with van der Waals surface area (Å²) < 4.78 is 26.9. The van der Waals surface area contributed by atoms with E-state index < -0.39 is 5.92 Å². The number of hydrogen-bond acceptors (Lipinski definition) is 5. The number of carbonyl (C=O) groups excluding carboxylic acids is 1. The van der Waals surface area contributed by atoms with Crippen molar-refractivity contribution in [1.82, 2.24) is 10.2 Å². The molecule has 1 heterocycles. The third-order valence-electron chi connectivity index (χ3n) is 7.72. The van der Waals surface area contributed by atoms with Crippen molar-refractivity contribution < 1.29 is 18.7 Å². The Balaban J connectivity index is 1.45. The monoisotopic (exact) mass is 486 g/mol. The van der Waals surface area contributed by atoms with Crippen LogP contribution in [-0.4, -0.2) is 60.3 Å². The molecule has 1 amide bonds. The van der Waals surface area contributed by atoms with Crippen LogP contribution in [0.25, 0.3) is 5.57 Å². The summed E-state index contributed by atoms with van der Waals surface area (Å²) in [6.07, 6.45) is 5.25. The molecular weight excluding hydrogens is 450 g/mol. The predicted molar refractivity (Wildman–Crippen MR) is 134 cm³/mol. The van der Waals surface area contributed by atoms with E-state index in [0.29, 0.717) is 25.3 Å². The summed E-state index contributed by atoms with van der Waals surface area (Å²) in [5.74, 6) is -2.48. The molecular formula is C27H36F2N4O2. The second-order valence-corrected chi connectivity index (χ2v) is 10.6. The zero-order valence-corrected chi connectivity index (χ0v) is 20.6. The largest absolute Gasteiger partial charge is 0.393 e. The van der Waals surface area contributed by atoms with Gasteiger partial charge >= 0.3 is 0 Å². The lowest BCUT2D eigenvalue weighted by Gasteiger charge is -2.26. The van der Waals surface area contributed by atoms with E-state index in [9.17, 15) is 18.7 Å². The van der Waals surface area contributed by atoms with Crippen LogP contribution in [-0.2, 0) is 10.2 Å². The number of benzene rings is 1. The minimum atomic E-state index is -2.68. The summed E-state index contributed by atoms with van der Waals surface area (Å²) >= 11 is 0. The summed E-state index contributed by atoms with van der Waals surface area (Å²) in [6.45, 7) is 7.56. The van der Waals surface area contributed by atoms with Crippen LogP contribution in [0.4, 0.5) is 8.78 Å². The van der Waals surface area contributed by atoms with Gasteiger partial charge in [-0.15, -0.1) is 0 Å². The molecule has 190 valence electrons. The molecule has 1 aromatic carbocycles. The Morgan fingerprint density at radius 3 is 2.57 bits per heavy atom. The average molecular weight is 487 g/mol. The summed E-state index contributed by atoms with van der Waals surface area (Å²) in [5.41, 5.74) is 9.24. The fraction of sp³-hybridized carbons (Fsp3) is 0.556. The molecule has 6 nitrogen and oxygen atoms in total. The topological polar surface area (TPSA) is 91.0 Å². The van der Waals surface area contributed by atoms with Crippen molar-refractivity contribution in [3.8, 4) is 0 Å². The Hall–Kier alpha value is -2.58. The van der Waals surface area contributed by atoms with E-state index in [1.54, 1.807) is 6.08 Å². The van der Waals surface area contributed by atoms with Crippen LogP contribution in [0, 0.1) is 5.92 Å². The van der Waals surface area contributed by atoms with Crippen LogP contribution in [0.1, 0.15) is 57.1 Å². The minimum Gasteiger partial charge on any atom is -0.393 e. The lowest BCUT2D eigenvalue weighted by atomic mass is 9.92. The maximum absolute atomic E-state index is 13.5. The molecule has 0 bridgehead atoms. The molecule has 0 radical (unpaired) electrons. The van der Waals surface area contributed by atoms with Crippen LogP contribution >= 0.6 is 0 Å². The van der Waals surface area contributed by atoms with Crippen LogP contribution < -0.4 is 11.1 Å². The third-order valence-corrected chi connectivity index (χ3v) is 7.72. The van der Waals surface area contributed by atoms with E-state index in [1.807, 2.05) is 24.0 Å². The number of likely N-dealkylation sites (tertiary alicyclic amines) is 1. The van der Waals surface area contributed by atoms with E-state index in [-0.39, 0.29) is 41.4 Å². The smallest absolute Gasteiger partial charge is 0.257 e. The van der Waals surface area contributed by atoms with Gasteiger partial charge in [-0.05, 0) is 74.4 Å². The van der Waals surface area contributed by atoms with Gasteiger partial charge in [0.1, 0.15) is 5.82 Å². The maximum Gasteiger partial charge on any atom is 0.257 e. The molecule has 8 heteroatoms. The number of rotatable bonds is 8. The molecule has 35 heavy (non-hydrogen) atoms. The highest BCUT2D eigenvalue weighted by Gasteiger charge is 2.61. The van der Waals surface area contributed by atoms with E-state index in [4.69, 9.17) is 5.73 Å². The number of fused-ring (bicyclic) bond motifs is 1. The Bertz CT molecular complexity index is 1020. The van der Waals surface area contributed by atoms with Crippen LogP contribution in [0.2, 0.25) is 0 Å². The lowest BCUT2D eigenvalue weighted by molar-refractivity contribution is -0.118. The second kappa shape index (κ2) is 9.82. The number of alkyl halides is 2. The van der Waals surface area contributed by atoms with E-state index in [1.165, 1.54) is 5.56 Å². The third kappa shape index (κ3) is 5.81. The Morgan fingerprint density at radius 2 is 1.97 bits per heavy atom. The van der Waals surface area contributed by atoms with Crippen molar-refractivity contribution in [2.24, 2.45) is 16.6 Å². The second-order valence-electron chi connectivity index (χ2n) is 10.6. The number of nitrogens with one attached hydrogen (secondary N) is 1. The molecule has 1 saturated heterocycles. The first-order chi connectivity index (χ1) is 16.5. The number of carbonyl (C=O) groups is 1. The van der Waals surface area contributed by atoms with Crippen LogP contribution in [0.3, 0.4) is 0 Å². The fourth-order valence-corrected chi connectivity index (χ4v) is 5.74. The van der Waals surface area contributed by atoms with Gasteiger partial charge in [0, 0.05) is 31.5 Å². The normalized spacial score (nSPS) is 29.9. The molecule has 2 atom stereocenters. The Labute approximate surface area is 206 Å². The van der Waals surface area contributed by atoms with Crippen molar-refractivity contribution in [2.45, 2.75) is 69.4 Å². The zero-order valence-electron chi connectivity index (χ0n) is 20.6. The zero-order chi connectivity index (χ0) is 25.4. The summed E-state index contributed by atoms with van der Waals surface area (Å²) in [6, 6.07) is 8.17. The van der Waals surface area contributed by atoms with Gasteiger partial charge in [-0.25, -0.2) is 13.8 Å². The van der Waals surface area contributed by atoms with Gasteiger partial charge in [0.15, 0.2) is 0 Å². The maximum atomic E-state index is 13.5. The van der Waals surface area contributed by atoms with Crippen molar-refractivity contribution in [2.75, 3.05) is 19.6 Å². The number of aliphatic hydroxyl groups excluding tert-OH is 1. The van der Waals surface area contributed by atoms with Gasteiger partial charge in [0.2, 0.25) is 0 Å². The van der Waals surface area contributed by atoms with Gasteiger partial charge in [-0.2, -0.15) is 0 Å². The molecule has 2 saturated carbocycles. The number of allylic oxidation sites excluding steroid dienone is 1. The average Bonchev–Trinajstić information content (AvgIpc) is 3.38. The molecule has 3 aliphatic rings. The van der Waals surface area contributed by atoms with Crippen molar-refractivity contribution >= 4 is 18.2 Å². The number of hydrogen-bond donors (Lipinski definition) is 3. The number of piperidine rings is 1. The first kappa shape index (κ1) is 25.5. The standard InChI is InChI=1S/C27H36F2N4O2/c1-17(12-23(24(30)31-3)25(35)32-21-8-10-22(34)11-9-21)18-4-6-19(7-5-18)27-13-20(27)14-33(16-27)15-26(2,28)29/h4-7,12,20-22,34H,3,8-11,13-16,30H2,1-2H3,(H,32,35)/b17-12+,24-23+/t20-,21?,22?,27+/m1/s1. The summed E-state index contributed by atoms with van der Waals surface area (Å²) in [7, 11) is 0. The molecule has 1 aromatic rings. The highest BCUT2D eigenvalue weighted by Crippen LogP contribution is 2.59. The van der Waals surface area contributed by atoms with Crippen molar-refractivity contribution in [1.29, 1.82) is 0 Å². The van der Waals surface area contributed by atoms with Crippen LogP contribution in [0.15, 0.2) is 46.7 Å². The highest BCUT2D eigenvalue weighted by atomic mass is 19.3. The summed E-state index contributed by atoms with van der Waals surface area (Å²) in [5, 5.41) is 12.7. The molecule has 1 aliphatic heterocycles. The van der Waals surface area contributed by atoms with E-state index in [0.717, 1.165) is 43.9 Å². The Kier molecular flexibility index (Phi) is 7.16. The number of aliphatic hydroxyl groups is 1. The number of nitrogens with two attached hydrogens (primary N) is 1. The highest BCUT2D eigenvalue weighted by molar-refractivity contribution is 5.99. The quantitative estimate of drug-likeness (QED) is 0.297. The number of aliphatic imine (C=N–C) groups is 1. The van der Waals surface area contributed by atoms with Crippen LogP contribution in [0.5, 0.6) is 0 Å². The molecule has 2 aliphatic carbocycles. The first-order valence-electron chi connectivity index (χ1n) is 12.4. The minimum absolute atomic E-state index is 0.00381. The van der Waals surface area contributed by atoms with Gasteiger partial charge in [-0.3, -0.25) is 9.69 Å². The molecule has 0 aromatic heterocycles. The van der Waals surface area contributed by atoms with E-state index in [2.05, 4.69) is 29.2 Å². The lowest BCUT2D eigenvalue weighted by Crippen LogP contribution is -2.39. The van der Waals surface area contributed by atoms with Gasteiger partial charge in [0.05, 0.1) is 18.2 Å². The summed E-state index contributed by atoms with van der Waals surface area (Å²) in [4.78, 5) is 18.6. The SMILES string of the molecule is C=N/C(N)=C(\C=C(/C)c1ccc([C@@]23C[C@@H]2CN(CC(C)(F)F)C3)cc1)C(=O)NC1CCC(O)CC1.